The van der Waals surface area contributed by atoms with Gasteiger partial charge in [-0.25, -0.2) is 0 Å². The van der Waals surface area contributed by atoms with Crippen LogP contribution in [0.5, 0.6) is 0 Å². The summed E-state index contributed by atoms with van der Waals surface area (Å²) in [6, 6.07) is 0.244. The molecular formula is C15H28N2O2. The van der Waals surface area contributed by atoms with E-state index in [9.17, 15) is 9.90 Å². The van der Waals surface area contributed by atoms with Crippen LogP contribution < -0.4 is 5.73 Å². The molecule has 0 spiro atoms. The Morgan fingerprint density at radius 2 is 2.00 bits per heavy atom. The van der Waals surface area contributed by atoms with Crippen LogP contribution in [0, 0.1) is 11.8 Å². The van der Waals surface area contributed by atoms with Gasteiger partial charge in [-0.15, -0.1) is 0 Å². The van der Waals surface area contributed by atoms with E-state index in [-0.39, 0.29) is 17.9 Å². The Hall–Kier alpha value is -0.610. The fourth-order valence-corrected chi connectivity index (χ4v) is 3.67. The van der Waals surface area contributed by atoms with Gasteiger partial charge in [0.2, 0.25) is 5.91 Å². The van der Waals surface area contributed by atoms with Crippen molar-refractivity contribution in [2.45, 2.75) is 63.5 Å². The van der Waals surface area contributed by atoms with Crippen molar-refractivity contribution in [3.8, 4) is 0 Å². The van der Waals surface area contributed by atoms with E-state index in [0.717, 1.165) is 44.9 Å². The first kappa shape index (κ1) is 14.8. The topological polar surface area (TPSA) is 66.6 Å². The van der Waals surface area contributed by atoms with Crippen molar-refractivity contribution >= 4 is 5.91 Å². The zero-order valence-electron chi connectivity index (χ0n) is 12.3. The highest BCUT2D eigenvalue weighted by molar-refractivity contribution is 5.78. The summed E-state index contributed by atoms with van der Waals surface area (Å²) in [5.74, 6) is 0.717. The fraction of sp³-hybridized carbons (Fsp3) is 0.933. The molecule has 0 saturated heterocycles. The van der Waals surface area contributed by atoms with E-state index in [1.165, 1.54) is 0 Å². The van der Waals surface area contributed by atoms with Gasteiger partial charge in [-0.05, 0) is 38.0 Å². The number of nitrogens with zero attached hydrogens (tertiary/aromatic N) is 1. The summed E-state index contributed by atoms with van der Waals surface area (Å²) in [7, 11) is 1.83. The number of carbonyl (C=O) groups excluding carboxylic acids is 1. The van der Waals surface area contributed by atoms with Crippen LogP contribution in [-0.2, 0) is 4.79 Å². The summed E-state index contributed by atoms with van der Waals surface area (Å²) in [6.45, 7) is 2.62. The van der Waals surface area contributed by atoms with E-state index in [1.807, 2.05) is 7.05 Å². The highest BCUT2D eigenvalue weighted by atomic mass is 16.3. The molecule has 4 heteroatoms. The van der Waals surface area contributed by atoms with Crippen molar-refractivity contribution in [3.05, 3.63) is 0 Å². The van der Waals surface area contributed by atoms with Gasteiger partial charge >= 0.3 is 0 Å². The third-order valence-electron chi connectivity index (χ3n) is 5.03. The van der Waals surface area contributed by atoms with Crippen LogP contribution >= 0.6 is 0 Å². The van der Waals surface area contributed by atoms with E-state index in [1.54, 1.807) is 4.90 Å². The highest BCUT2D eigenvalue weighted by Crippen LogP contribution is 2.32. The molecule has 0 aromatic rings. The van der Waals surface area contributed by atoms with E-state index in [0.29, 0.717) is 12.5 Å². The van der Waals surface area contributed by atoms with Crippen LogP contribution in [0.4, 0.5) is 0 Å². The Bertz CT molecular complexity index is 326. The Morgan fingerprint density at radius 1 is 1.37 bits per heavy atom. The summed E-state index contributed by atoms with van der Waals surface area (Å²) in [4.78, 5) is 14.2. The molecule has 0 radical (unpaired) electrons. The second kappa shape index (κ2) is 5.80. The lowest BCUT2D eigenvalue weighted by atomic mass is 9.78. The average Bonchev–Trinajstić information content (AvgIpc) is 2.78. The van der Waals surface area contributed by atoms with Gasteiger partial charge in [0.25, 0.3) is 0 Å². The molecule has 0 aromatic carbocycles. The minimum Gasteiger partial charge on any atom is -0.388 e. The molecule has 110 valence electrons. The normalized spacial score (nSPS) is 34.2. The third-order valence-corrected chi connectivity index (χ3v) is 5.03. The van der Waals surface area contributed by atoms with Crippen LogP contribution in [0.3, 0.4) is 0 Å². The van der Waals surface area contributed by atoms with Crippen LogP contribution in [0.25, 0.3) is 0 Å². The summed E-state index contributed by atoms with van der Waals surface area (Å²) < 4.78 is 0. The summed E-state index contributed by atoms with van der Waals surface area (Å²) in [5.41, 5.74) is 5.37. The first-order valence-corrected chi connectivity index (χ1v) is 7.64. The van der Waals surface area contributed by atoms with Gasteiger partial charge in [-0.1, -0.05) is 19.8 Å². The Morgan fingerprint density at radius 3 is 2.58 bits per heavy atom. The lowest BCUT2D eigenvalue weighted by Crippen LogP contribution is -2.46. The predicted molar refractivity (Wildman–Crippen MR) is 75.5 cm³/mol. The molecule has 0 heterocycles. The SMILES string of the molecule is CC1CC(C(=O)N(C)CC2(O)CCCC2)CCC1N. The van der Waals surface area contributed by atoms with Gasteiger partial charge in [0.15, 0.2) is 0 Å². The molecule has 3 N–H and O–H groups in total. The molecule has 3 unspecified atom stereocenters. The van der Waals surface area contributed by atoms with Gasteiger partial charge in [0.1, 0.15) is 0 Å². The Balaban J connectivity index is 1.88. The van der Waals surface area contributed by atoms with E-state index in [2.05, 4.69) is 6.92 Å². The zero-order valence-corrected chi connectivity index (χ0v) is 12.3. The average molecular weight is 268 g/mol. The van der Waals surface area contributed by atoms with E-state index in [4.69, 9.17) is 5.73 Å². The largest absolute Gasteiger partial charge is 0.388 e. The summed E-state index contributed by atoms with van der Waals surface area (Å²) in [5, 5.41) is 10.4. The van der Waals surface area contributed by atoms with Gasteiger partial charge in [-0.2, -0.15) is 0 Å². The second-order valence-electron chi connectivity index (χ2n) is 6.78. The molecule has 1 amide bonds. The van der Waals surface area contributed by atoms with Crippen molar-refractivity contribution in [3.63, 3.8) is 0 Å². The number of hydrogen-bond donors (Lipinski definition) is 2. The number of rotatable bonds is 3. The van der Waals surface area contributed by atoms with Crippen molar-refractivity contribution in [1.29, 1.82) is 0 Å². The minimum absolute atomic E-state index is 0.102. The predicted octanol–water partition coefficient (Wildman–Crippen LogP) is 1.51. The van der Waals surface area contributed by atoms with Crippen LogP contribution in [0.15, 0.2) is 0 Å². The Labute approximate surface area is 116 Å². The Kier molecular flexibility index (Phi) is 4.51. The van der Waals surface area contributed by atoms with Crippen LogP contribution in [0.1, 0.15) is 51.9 Å². The quantitative estimate of drug-likeness (QED) is 0.815. The molecule has 2 aliphatic rings. The molecular weight excluding hydrogens is 240 g/mol. The van der Waals surface area contributed by atoms with E-state index >= 15 is 0 Å². The molecule has 19 heavy (non-hydrogen) atoms. The van der Waals surface area contributed by atoms with Crippen LogP contribution in [-0.4, -0.2) is 41.1 Å². The first-order chi connectivity index (χ1) is 8.91. The first-order valence-electron chi connectivity index (χ1n) is 7.64. The number of hydrogen-bond acceptors (Lipinski definition) is 3. The molecule has 2 fully saturated rings. The molecule has 0 bridgehead atoms. The number of likely N-dealkylation sites (N-methyl/N-ethyl adjacent to an activating group) is 1. The number of aliphatic hydroxyl groups is 1. The van der Waals surface area contributed by atoms with Crippen molar-refractivity contribution in [2.75, 3.05) is 13.6 Å². The molecule has 0 aromatic heterocycles. The molecule has 0 aliphatic heterocycles. The minimum atomic E-state index is -0.638. The van der Waals surface area contributed by atoms with Crippen molar-refractivity contribution < 1.29 is 9.90 Å². The monoisotopic (exact) mass is 268 g/mol. The molecule has 2 aliphatic carbocycles. The lowest BCUT2D eigenvalue weighted by molar-refractivity contribution is -0.139. The van der Waals surface area contributed by atoms with E-state index < -0.39 is 5.60 Å². The molecule has 2 rings (SSSR count). The number of carbonyl (C=O) groups is 1. The lowest BCUT2D eigenvalue weighted by Gasteiger charge is -2.35. The maximum Gasteiger partial charge on any atom is 0.225 e. The molecule has 2 saturated carbocycles. The van der Waals surface area contributed by atoms with Crippen molar-refractivity contribution in [1.82, 2.24) is 4.90 Å². The standard InChI is InChI=1S/C15H28N2O2/c1-11-9-12(5-6-13(11)16)14(18)17(2)10-15(19)7-3-4-8-15/h11-13,19H,3-10,16H2,1-2H3. The van der Waals surface area contributed by atoms with Crippen molar-refractivity contribution in [2.24, 2.45) is 17.6 Å². The fourth-order valence-electron chi connectivity index (χ4n) is 3.67. The third kappa shape index (κ3) is 3.48. The molecule has 4 nitrogen and oxygen atoms in total. The highest BCUT2D eigenvalue weighted by Gasteiger charge is 2.36. The van der Waals surface area contributed by atoms with Gasteiger partial charge in [0.05, 0.1) is 5.60 Å². The maximum atomic E-state index is 12.5. The smallest absolute Gasteiger partial charge is 0.225 e. The second-order valence-corrected chi connectivity index (χ2v) is 6.78. The summed E-state index contributed by atoms with van der Waals surface area (Å²) >= 11 is 0. The number of nitrogens with two attached hydrogens (primary N) is 1. The van der Waals surface area contributed by atoms with Gasteiger partial charge < -0.3 is 15.7 Å². The zero-order chi connectivity index (χ0) is 14.0. The van der Waals surface area contributed by atoms with Crippen LogP contribution in [0.2, 0.25) is 0 Å². The maximum absolute atomic E-state index is 12.5. The van der Waals surface area contributed by atoms with Gasteiger partial charge in [-0.3, -0.25) is 4.79 Å². The molecule has 3 atom stereocenters. The van der Waals surface area contributed by atoms with Gasteiger partial charge in [0, 0.05) is 25.6 Å². The summed E-state index contributed by atoms with van der Waals surface area (Å²) in [6.07, 6.45) is 6.54. The number of amides is 1.